The summed E-state index contributed by atoms with van der Waals surface area (Å²) in [6.45, 7) is 2.85. The first-order chi connectivity index (χ1) is 17.5. The zero-order valence-electron chi connectivity index (χ0n) is 20.1. The Bertz CT molecular complexity index is 1120. The van der Waals surface area contributed by atoms with Gasteiger partial charge in [-0.05, 0) is 73.3 Å². The number of likely N-dealkylation sites (tertiary alicyclic amines) is 1. The van der Waals surface area contributed by atoms with Crippen LogP contribution < -0.4 is 15.4 Å². The maximum Gasteiger partial charge on any atom is 0.321 e. The van der Waals surface area contributed by atoms with E-state index in [-0.39, 0.29) is 23.4 Å². The van der Waals surface area contributed by atoms with Gasteiger partial charge in [0.25, 0.3) is 0 Å². The fourth-order valence-corrected chi connectivity index (χ4v) is 5.46. The minimum absolute atomic E-state index is 0.0612. The second kappa shape index (κ2) is 10.8. The SMILES string of the molecule is O=C1C[C@@H]2CCN(C(=O)Nc3ccc(F)cc3F)C[C@@H]2CCOc2ccc(C3CCOCC3)cc2N1. The van der Waals surface area contributed by atoms with Crippen molar-refractivity contribution in [1.29, 1.82) is 0 Å². The standard InChI is InChI=1S/C27H31F2N3O4/c28-21-2-3-23(22(29)15-21)31-27(34)32-9-5-19-14-26(33)30-24-13-18(17-6-10-35-11-7-17)1-4-25(24)36-12-8-20(19)16-32/h1-4,13,15,17,19-20H,5-12,14,16H2,(H,30,33)(H,31,34)/t19-,20-/m0/s1. The van der Waals surface area contributed by atoms with Gasteiger partial charge < -0.3 is 25.0 Å². The molecule has 2 aromatic rings. The molecular weight excluding hydrogens is 468 g/mol. The molecule has 0 aliphatic carbocycles. The van der Waals surface area contributed by atoms with E-state index in [0.29, 0.717) is 56.3 Å². The number of piperidine rings is 1. The molecule has 0 unspecified atom stereocenters. The number of ether oxygens (including phenoxy) is 2. The summed E-state index contributed by atoms with van der Waals surface area (Å²) in [6, 6.07) is 8.64. The monoisotopic (exact) mass is 499 g/mol. The highest BCUT2D eigenvalue weighted by atomic mass is 19.1. The van der Waals surface area contributed by atoms with Gasteiger partial charge in [-0.25, -0.2) is 13.6 Å². The van der Waals surface area contributed by atoms with Crippen LogP contribution in [0.15, 0.2) is 36.4 Å². The van der Waals surface area contributed by atoms with Gasteiger partial charge in [0.05, 0.1) is 18.0 Å². The van der Waals surface area contributed by atoms with Crippen LogP contribution in [0, 0.1) is 23.5 Å². The van der Waals surface area contributed by atoms with Gasteiger partial charge in [0.1, 0.15) is 17.4 Å². The van der Waals surface area contributed by atoms with E-state index in [0.717, 1.165) is 38.2 Å². The predicted molar refractivity (Wildman–Crippen MR) is 131 cm³/mol. The molecular formula is C27H31F2N3O4. The number of nitrogens with zero attached hydrogens (tertiary/aromatic N) is 1. The summed E-state index contributed by atoms with van der Waals surface area (Å²) in [5, 5.41) is 5.59. The van der Waals surface area contributed by atoms with E-state index in [2.05, 4.69) is 16.7 Å². The number of hydrogen-bond donors (Lipinski definition) is 2. The van der Waals surface area contributed by atoms with Crippen LogP contribution >= 0.6 is 0 Å². The normalized spacial score (nSPS) is 23.1. The summed E-state index contributed by atoms with van der Waals surface area (Å²) < 4.78 is 38.7. The molecule has 0 aromatic heterocycles. The highest BCUT2D eigenvalue weighted by molar-refractivity contribution is 5.93. The van der Waals surface area contributed by atoms with E-state index in [1.54, 1.807) is 4.90 Å². The molecule has 3 heterocycles. The third-order valence-corrected chi connectivity index (χ3v) is 7.52. The fourth-order valence-electron chi connectivity index (χ4n) is 5.46. The van der Waals surface area contributed by atoms with Crippen LogP contribution in [-0.4, -0.2) is 49.7 Å². The molecule has 2 fully saturated rings. The third kappa shape index (κ3) is 5.61. The number of rotatable bonds is 2. The summed E-state index contributed by atoms with van der Waals surface area (Å²) in [5.41, 5.74) is 1.84. The molecule has 3 aliphatic heterocycles. The van der Waals surface area contributed by atoms with Gasteiger partial charge >= 0.3 is 6.03 Å². The molecule has 36 heavy (non-hydrogen) atoms. The lowest BCUT2D eigenvalue weighted by Crippen LogP contribution is -2.46. The molecule has 2 saturated heterocycles. The van der Waals surface area contributed by atoms with Gasteiger partial charge in [-0.3, -0.25) is 4.79 Å². The number of carbonyl (C=O) groups is 2. The second-order valence-corrected chi connectivity index (χ2v) is 9.84. The van der Waals surface area contributed by atoms with E-state index >= 15 is 0 Å². The van der Waals surface area contributed by atoms with E-state index in [1.807, 2.05) is 12.1 Å². The first kappa shape index (κ1) is 24.5. The first-order valence-corrected chi connectivity index (χ1v) is 12.6. The van der Waals surface area contributed by atoms with Gasteiger partial charge in [-0.15, -0.1) is 0 Å². The summed E-state index contributed by atoms with van der Waals surface area (Å²) in [7, 11) is 0. The van der Waals surface area contributed by atoms with Crippen molar-refractivity contribution >= 4 is 23.3 Å². The number of fused-ring (bicyclic) bond motifs is 2. The summed E-state index contributed by atoms with van der Waals surface area (Å²) in [4.78, 5) is 27.4. The minimum Gasteiger partial charge on any atom is -0.491 e. The van der Waals surface area contributed by atoms with Gasteiger partial charge in [-0.2, -0.15) is 0 Å². The lowest BCUT2D eigenvalue weighted by atomic mass is 9.81. The summed E-state index contributed by atoms with van der Waals surface area (Å²) >= 11 is 0. The van der Waals surface area contributed by atoms with Crippen molar-refractivity contribution in [2.75, 3.05) is 43.5 Å². The Morgan fingerprint density at radius 2 is 1.83 bits per heavy atom. The molecule has 5 rings (SSSR count). The van der Waals surface area contributed by atoms with E-state index in [4.69, 9.17) is 9.47 Å². The molecule has 9 heteroatoms. The Balaban J connectivity index is 1.25. The van der Waals surface area contributed by atoms with Gasteiger partial charge in [0.15, 0.2) is 0 Å². The maximum atomic E-state index is 14.0. The van der Waals surface area contributed by atoms with Crippen molar-refractivity contribution in [1.82, 2.24) is 4.90 Å². The lowest BCUT2D eigenvalue weighted by Gasteiger charge is -2.39. The molecule has 0 saturated carbocycles. The Kier molecular flexibility index (Phi) is 7.36. The van der Waals surface area contributed by atoms with E-state index in [1.165, 1.54) is 11.6 Å². The van der Waals surface area contributed by atoms with E-state index < -0.39 is 17.7 Å². The van der Waals surface area contributed by atoms with Crippen molar-refractivity contribution < 1.29 is 27.8 Å². The van der Waals surface area contributed by atoms with Crippen LogP contribution in [0.25, 0.3) is 0 Å². The molecule has 2 aromatic carbocycles. The number of hydrogen-bond acceptors (Lipinski definition) is 4. The van der Waals surface area contributed by atoms with Crippen molar-refractivity contribution in [3.63, 3.8) is 0 Å². The van der Waals surface area contributed by atoms with Crippen molar-refractivity contribution in [2.24, 2.45) is 11.8 Å². The van der Waals surface area contributed by atoms with Crippen LogP contribution in [-0.2, 0) is 9.53 Å². The smallest absolute Gasteiger partial charge is 0.321 e. The zero-order chi connectivity index (χ0) is 25.1. The van der Waals surface area contributed by atoms with Gasteiger partial charge in [0.2, 0.25) is 5.91 Å². The molecule has 192 valence electrons. The van der Waals surface area contributed by atoms with Crippen molar-refractivity contribution in [2.45, 2.75) is 38.0 Å². The third-order valence-electron chi connectivity index (χ3n) is 7.52. The molecule has 7 nitrogen and oxygen atoms in total. The molecule has 0 spiro atoms. The molecule has 2 N–H and O–H groups in total. The quantitative estimate of drug-likeness (QED) is 0.600. The van der Waals surface area contributed by atoms with Gasteiger partial charge in [0, 0.05) is 38.8 Å². The average Bonchev–Trinajstić information content (AvgIpc) is 2.87. The molecule has 0 radical (unpaired) electrons. The van der Waals surface area contributed by atoms with Crippen LogP contribution in [0.3, 0.4) is 0 Å². The second-order valence-electron chi connectivity index (χ2n) is 9.84. The number of nitrogens with one attached hydrogen (secondary N) is 2. The number of urea groups is 1. The largest absolute Gasteiger partial charge is 0.491 e. The highest BCUT2D eigenvalue weighted by Crippen LogP contribution is 2.36. The highest BCUT2D eigenvalue weighted by Gasteiger charge is 2.34. The van der Waals surface area contributed by atoms with E-state index in [9.17, 15) is 18.4 Å². The fraction of sp³-hybridized carbons (Fsp3) is 0.481. The molecule has 0 bridgehead atoms. The average molecular weight is 500 g/mol. The summed E-state index contributed by atoms with van der Waals surface area (Å²) in [5.74, 6) is -0.341. The Morgan fingerprint density at radius 1 is 1.00 bits per heavy atom. The molecule has 3 amide bonds. The Labute approximate surface area is 209 Å². The Morgan fingerprint density at radius 3 is 2.64 bits per heavy atom. The van der Waals surface area contributed by atoms with Crippen LogP contribution in [0.4, 0.5) is 25.0 Å². The summed E-state index contributed by atoms with van der Waals surface area (Å²) in [6.07, 6.45) is 3.65. The minimum atomic E-state index is -0.819. The van der Waals surface area contributed by atoms with Crippen molar-refractivity contribution in [3.05, 3.63) is 53.6 Å². The first-order valence-electron chi connectivity index (χ1n) is 12.6. The lowest BCUT2D eigenvalue weighted by molar-refractivity contribution is -0.118. The number of amides is 3. The molecule has 2 atom stereocenters. The van der Waals surface area contributed by atoms with Crippen molar-refractivity contribution in [3.8, 4) is 5.75 Å². The number of halogens is 2. The Hall–Kier alpha value is -3.20. The van der Waals surface area contributed by atoms with Crippen LogP contribution in [0.5, 0.6) is 5.75 Å². The number of carbonyl (C=O) groups excluding carboxylic acids is 2. The number of benzene rings is 2. The zero-order valence-corrected chi connectivity index (χ0v) is 20.1. The molecule has 3 aliphatic rings. The van der Waals surface area contributed by atoms with Crippen LogP contribution in [0.1, 0.15) is 43.6 Å². The van der Waals surface area contributed by atoms with Crippen LogP contribution in [0.2, 0.25) is 0 Å². The van der Waals surface area contributed by atoms with Gasteiger partial charge in [-0.1, -0.05) is 6.07 Å². The maximum absolute atomic E-state index is 14.0. The number of anilines is 2. The predicted octanol–water partition coefficient (Wildman–Crippen LogP) is 5.14. The topological polar surface area (TPSA) is 79.9 Å².